The Morgan fingerprint density at radius 1 is 1.13 bits per heavy atom. The van der Waals surface area contributed by atoms with Crippen molar-refractivity contribution in [3.63, 3.8) is 0 Å². The van der Waals surface area contributed by atoms with Gasteiger partial charge in [-0.2, -0.15) is 0 Å². The molecule has 0 aromatic heterocycles. The van der Waals surface area contributed by atoms with E-state index in [9.17, 15) is 24.5 Å². The van der Waals surface area contributed by atoms with Crippen molar-refractivity contribution in [1.29, 1.82) is 0 Å². The molecule has 2 heterocycles. The molecular formula is C22H20N4O5. The first-order valence-electron chi connectivity index (χ1n) is 10.2. The molecule has 3 aliphatic rings. The minimum absolute atomic E-state index is 0.0241. The molecule has 1 fully saturated rings. The van der Waals surface area contributed by atoms with Crippen molar-refractivity contribution < 1.29 is 19.3 Å². The third-order valence-corrected chi connectivity index (χ3v) is 6.41. The van der Waals surface area contributed by atoms with Crippen molar-refractivity contribution in [2.45, 2.75) is 31.2 Å². The van der Waals surface area contributed by atoms with Crippen LogP contribution in [-0.2, 0) is 28.0 Å². The number of carbonyl (C=O) groups excluding carboxylic acids is 3. The van der Waals surface area contributed by atoms with E-state index in [-0.39, 0.29) is 18.1 Å². The van der Waals surface area contributed by atoms with Crippen LogP contribution in [-0.4, -0.2) is 40.8 Å². The Hall–Kier alpha value is -3.75. The van der Waals surface area contributed by atoms with Crippen molar-refractivity contribution >= 4 is 29.2 Å². The second-order valence-electron chi connectivity index (χ2n) is 8.10. The standard InChI is InChI=1S/C22H20N4O5/c27-19(24-11-3-5-15-12-16(26(30)31)7-8-18(15)24)13-25-20(28)22(23-21(25)29)10-9-14-4-1-2-6-17(14)22/h1-2,4,6-8,12H,3,5,9-11,13H2,(H,23,29). The molecule has 0 saturated carbocycles. The molecule has 1 N–H and O–H groups in total. The fourth-order valence-corrected chi connectivity index (χ4v) is 4.91. The fraction of sp³-hybridized carbons (Fsp3) is 0.318. The number of carbonyl (C=O) groups is 3. The Morgan fingerprint density at radius 2 is 1.94 bits per heavy atom. The summed E-state index contributed by atoms with van der Waals surface area (Å²) in [5.41, 5.74) is 2.00. The van der Waals surface area contributed by atoms with Crippen LogP contribution in [0.15, 0.2) is 42.5 Å². The summed E-state index contributed by atoms with van der Waals surface area (Å²) in [6.45, 7) is 0.0618. The van der Waals surface area contributed by atoms with Gasteiger partial charge in [-0.3, -0.25) is 24.6 Å². The predicted molar refractivity (Wildman–Crippen MR) is 110 cm³/mol. The van der Waals surface area contributed by atoms with E-state index in [1.54, 1.807) is 6.07 Å². The number of amides is 4. The number of urea groups is 1. The van der Waals surface area contributed by atoms with Gasteiger partial charge in [0, 0.05) is 24.4 Å². The lowest BCUT2D eigenvalue weighted by molar-refractivity contribution is -0.384. The summed E-state index contributed by atoms with van der Waals surface area (Å²) < 4.78 is 0. The van der Waals surface area contributed by atoms with E-state index < -0.39 is 22.4 Å². The van der Waals surface area contributed by atoms with E-state index in [4.69, 9.17) is 0 Å². The van der Waals surface area contributed by atoms with Crippen LogP contribution in [0.5, 0.6) is 0 Å². The zero-order valence-corrected chi connectivity index (χ0v) is 16.7. The Morgan fingerprint density at radius 3 is 2.74 bits per heavy atom. The van der Waals surface area contributed by atoms with Gasteiger partial charge < -0.3 is 10.2 Å². The number of fused-ring (bicyclic) bond motifs is 3. The van der Waals surface area contributed by atoms with Gasteiger partial charge in [0.1, 0.15) is 12.1 Å². The zero-order valence-electron chi connectivity index (χ0n) is 16.7. The fourth-order valence-electron chi connectivity index (χ4n) is 4.91. The Bertz CT molecular complexity index is 1150. The van der Waals surface area contributed by atoms with Crippen molar-refractivity contribution in [3.8, 4) is 0 Å². The molecule has 0 bridgehead atoms. The molecule has 2 aromatic rings. The SMILES string of the molecule is O=C1NC2(CCc3ccccc32)C(=O)N1CC(=O)N1CCCc2cc([N+](=O)[O-])ccc21. The number of nitrogens with zero attached hydrogens (tertiary/aromatic N) is 3. The third kappa shape index (κ3) is 2.88. The third-order valence-electron chi connectivity index (χ3n) is 6.41. The maximum atomic E-state index is 13.3. The highest BCUT2D eigenvalue weighted by Crippen LogP contribution is 2.41. The highest BCUT2D eigenvalue weighted by Gasteiger charge is 2.55. The smallest absolute Gasteiger partial charge is 0.319 e. The van der Waals surface area contributed by atoms with Crippen LogP contribution in [0.1, 0.15) is 29.5 Å². The maximum absolute atomic E-state index is 13.3. The summed E-state index contributed by atoms with van der Waals surface area (Å²) >= 11 is 0. The number of benzene rings is 2. The van der Waals surface area contributed by atoms with Crippen LogP contribution in [0.2, 0.25) is 0 Å². The van der Waals surface area contributed by atoms with E-state index in [0.29, 0.717) is 43.5 Å². The molecule has 1 spiro atoms. The van der Waals surface area contributed by atoms with Gasteiger partial charge in [-0.1, -0.05) is 24.3 Å². The molecule has 31 heavy (non-hydrogen) atoms. The van der Waals surface area contributed by atoms with Crippen LogP contribution in [0.3, 0.4) is 0 Å². The minimum Gasteiger partial charge on any atom is -0.319 e. The zero-order chi connectivity index (χ0) is 21.8. The van der Waals surface area contributed by atoms with Crippen LogP contribution in [0, 0.1) is 10.1 Å². The van der Waals surface area contributed by atoms with Crippen molar-refractivity contribution in [2.75, 3.05) is 18.0 Å². The summed E-state index contributed by atoms with van der Waals surface area (Å²) in [7, 11) is 0. The van der Waals surface area contributed by atoms with Gasteiger partial charge in [0.05, 0.1) is 4.92 Å². The molecule has 5 rings (SSSR count). The number of imide groups is 1. The number of hydrogen-bond donors (Lipinski definition) is 1. The summed E-state index contributed by atoms with van der Waals surface area (Å²) in [5.74, 6) is -0.793. The van der Waals surface area contributed by atoms with Gasteiger partial charge in [0.15, 0.2) is 0 Å². The summed E-state index contributed by atoms with van der Waals surface area (Å²) in [5, 5.41) is 13.9. The van der Waals surface area contributed by atoms with E-state index in [1.807, 2.05) is 24.3 Å². The average molecular weight is 420 g/mol. The first kappa shape index (κ1) is 19.2. The van der Waals surface area contributed by atoms with Gasteiger partial charge in [-0.25, -0.2) is 4.79 Å². The first-order valence-corrected chi connectivity index (χ1v) is 10.2. The van der Waals surface area contributed by atoms with Gasteiger partial charge in [0.25, 0.3) is 11.6 Å². The number of non-ortho nitro benzene ring substituents is 1. The van der Waals surface area contributed by atoms with Crippen molar-refractivity contribution in [2.24, 2.45) is 0 Å². The largest absolute Gasteiger partial charge is 0.325 e. The monoisotopic (exact) mass is 420 g/mol. The molecule has 4 amide bonds. The lowest BCUT2D eigenvalue weighted by atomic mass is 9.92. The molecular weight excluding hydrogens is 400 g/mol. The second-order valence-corrected chi connectivity index (χ2v) is 8.10. The van der Waals surface area contributed by atoms with Gasteiger partial charge in [-0.15, -0.1) is 0 Å². The maximum Gasteiger partial charge on any atom is 0.325 e. The quantitative estimate of drug-likeness (QED) is 0.465. The minimum atomic E-state index is -1.10. The Kier molecular flexibility index (Phi) is 4.28. The van der Waals surface area contributed by atoms with Gasteiger partial charge in [-0.05, 0) is 48.4 Å². The van der Waals surface area contributed by atoms with Crippen LogP contribution in [0.4, 0.5) is 16.2 Å². The normalized spacial score (nSPS) is 21.8. The highest BCUT2D eigenvalue weighted by molar-refractivity contribution is 6.11. The highest BCUT2D eigenvalue weighted by atomic mass is 16.6. The number of hydrogen-bond acceptors (Lipinski definition) is 5. The molecule has 2 aromatic carbocycles. The molecule has 1 saturated heterocycles. The lowest BCUT2D eigenvalue weighted by Gasteiger charge is -2.30. The Balaban J connectivity index is 1.39. The van der Waals surface area contributed by atoms with Gasteiger partial charge >= 0.3 is 6.03 Å². The molecule has 0 radical (unpaired) electrons. The van der Waals surface area contributed by atoms with Crippen molar-refractivity contribution in [3.05, 3.63) is 69.3 Å². The summed E-state index contributed by atoms with van der Waals surface area (Å²) in [4.78, 5) is 52.2. The second kappa shape index (κ2) is 6.90. The first-order chi connectivity index (χ1) is 14.9. The number of rotatable bonds is 3. The summed E-state index contributed by atoms with van der Waals surface area (Å²) in [6, 6.07) is 11.4. The van der Waals surface area contributed by atoms with E-state index in [1.165, 1.54) is 17.0 Å². The average Bonchev–Trinajstić information content (AvgIpc) is 3.26. The molecule has 158 valence electrons. The van der Waals surface area contributed by atoms with Crippen LogP contribution >= 0.6 is 0 Å². The van der Waals surface area contributed by atoms with Crippen molar-refractivity contribution in [1.82, 2.24) is 10.2 Å². The lowest BCUT2D eigenvalue weighted by Crippen LogP contribution is -2.46. The molecule has 1 aliphatic carbocycles. The number of anilines is 1. The van der Waals surface area contributed by atoms with E-state index in [2.05, 4.69) is 5.32 Å². The van der Waals surface area contributed by atoms with E-state index >= 15 is 0 Å². The Labute approximate surface area is 177 Å². The predicted octanol–water partition coefficient (Wildman–Crippen LogP) is 2.27. The summed E-state index contributed by atoms with van der Waals surface area (Å²) in [6.07, 6.45) is 2.43. The molecule has 2 aliphatic heterocycles. The van der Waals surface area contributed by atoms with Gasteiger partial charge in [0.2, 0.25) is 5.91 Å². The van der Waals surface area contributed by atoms with E-state index in [0.717, 1.165) is 16.0 Å². The molecule has 9 heteroatoms. The number of nitro benzene ring substituents is 1. The van der Waals surface area contributed by atoms with Crippen LogP contribution < -0.4 is 10.2 Å². The topological polar surface area (TPSA) is 113 Å². The number of aryl methyl sites for hydroxylation is 2. The van der Waals surface area contributed by atoms with Crippen LogP contribution in [0.25, 0.3) is 0 Å². The number of nitrogens with one attached hydrogen (secondary N) is 1. The molecule has 1 unspecified atom stereocenters. The molecule has 1 atom stereocenters. The number of nitro groups is 1. The molecule has 9 nitrogen and oxygen atoms in total.